The first kappa shape index (κ1) is 16.8. The zero-order valence-corrected chi connectivity index (χ0v) is 14.8. The molecule has 0 unspecified atom stereocenters. The lowest BCUT2D eigenvalue weighted by atomic mass is 9.99. The van der Waals surface area contributed by atoms with Gasteiger partial charge in [-0.15, -0.1) is 0 Å². The average molecular weight is 298 g/mol. The number of aliphatic imine (C=N–C) groups is 1. The number of nitrogens with one attached hydrogen (secondary N) is 1. The number of aromatic amines is 1. The molecule has 0 fully saturated rings. The molecular weight excluding hydrogens is 268 g/mol. The van der Waals surface area contributed by atoms with Crippen molar-refractivity contribution in [2.24, 2.45) is 4.99 Å². The van der Waals surface area contributed by atoms with Crippen LogP contribution >= 0.6 is 0 Å². The smallest absolute Gasteiger partial charge is 0.0686 e. The summed E-state index contributed by atoms with van der Waals surface area (Å²) in [5.41, 5.74) is 8.85. The fourth-order valence-electron chi connectivity index (χ4n) is 3.21. The number of allylic oxidation sites excluding steroid dienone is 2. The molecule has 2 heteroatoms. The summed E-state index contributed by atoms with van der Waals surface area (Å²) >= 11 is 0. The average Bonchev–Trinajstić information content (AvgIpc) is 2.91. The van der Waals surface area contributed by atoms with Crippen LogP contribution in [0.25, 0.3) is 6.08 Å². The lowest BCUT2D eigenvalue weighted by Gasteiger charge is -2.05. The molecule has 0 atom stereocenters. The molecule has 0 aromatic carbocycles. The van der Waals surface area contributed by atoms with Crippen molar-refractivity contribution in [1.29, 1.82) is 0 Å². The molecule has 2 nitrogen and oxygen atoms in total. The monoisotopic (exact) mass is 298 g/mol. The molecular formula is C20H30N2. The predicted molar refractivity (Wildman–Crippen MR) is 97.4 cm³/mol. The van der Waals surface area contributed by atoms with Gasteiger partial charge in [-0.3, -0.25) is 4.99 Å². The summed E-state index contributed by atoms with van der Waals surface area (Å²) in [6, 6.07) is 2.19. The highest BCUT2D eigenvalue weighted by atomic mass is 14.8. The number of aryl methyl sites for hydroxylation is 2. The molecule has 0 saturated heterocycles. The van der Waals surface area contributed by atoms with E-state index in [2.05, 4.69) is 51.7 Å². The Morgan fingerprint density at radius 3 is 2.41 bits per heavy atom. The van der Waals surface area contributed by atoms with Crippen molar-refractivity contribution >= 4 is 11.8 Å². The molecule has 0 saturated carbocycles. The van der Waals surface area contributed by atoms with Gasteiger partial charge in [0, 0.05) is 17.1 Å². The third-order valence-corrected chi connectivity index (χ3v) is 4.56. The Hall–Kier alpha value is -1.57. The number of aromatic nitrogens is 1. The highest BCUT2D eigenvalue weighted by Crippen LogP contribution is 2.30. The van der Waals surface area contributed by atoms with E-state index in [1.165, 1.54) is 72.3 Å². The summed E-state index contributed by atoms with van der Waals surface area (Å²) < 4.78 is 0. The predicted octanol–water partition coefficient (Wildman–Crippen LogP) is 6.12. The van der Waals surface area contributed by atoms with E-state index in [0.29, 0.717) is 0 Å². The normalized spacial score (nSPS) is 16.8. The van der Waals surface area contributed by atoms with E-state index < -0.39 is 0 Å². The highest BCUT2D eigenvalue weighted by molar-refractivity contribution is 6.03. The van der Waals surface area contributed by atoms with Gasteiger partial charge in [0.2, 0.25) is 0 Å². The fourth-order valence-corrected chi connectivity index (χ4v) is 3.21. The third kappa shape index (κ3) is 4.00. The summed E-state index contributed by atoms with van der Waals surface area (Å²) in [6.07, 6.45) is 10.0. The van der Waals surface area contributed by atoms with Crippen LogP contribution < -0.4 is 0 Å². The molecule has 0 spiro atoms. The summed E-state index contributed by atoms with van der Waals surface area (Å²) in [4.78, 5) is 8.21. The molecule has 0 aliphatic carbocycles. The van der Waals surface area contributed by atoms with E-state index >= 15 is 0 Å². The maximum Gasteiger partial charge on any atom is 0.0686 e. The molecule has 2 rings (SSSR count). The molecule has 1 aliphatic heterocycles. The largest absolute Gasteiger partial charge is 0.359 e. The molecule has 1 aromatic rings. The van der Waals surface area contributed by atoms with Crippen molar-refractivity contribution in [3.8, 4) is 0 Å². The van der Waals surface area contributed by atoms with E-state index in [9.17, 15) is 0 Å². The van der Waals surface area contributed by atoms with Gasteiger partial charge >= 0.3 is 0 Å². The summed E-state index contributed by atoms with van der Waals surface area (Å²) in [5, 5.41) is 0. The minimum atomic E-state index is 1.13. The zero-order valence-electron chi connectivity index (χ0n) is 14.8. The third-order valence-electron chi connectivity index (χ3n) is 4.56. The fraction of sp³-hybridized carbons (Fsp3) is 0.550. The highest BCUT2D eigenvalue weighted by Gasteiger charge is 2.17. The van der Waals surface area contributed by atoms with E-state index in [1.54, 1.807) is 0 Å². The molecule has 1 aliphatic rings. The van der Waals surface area contributed by atoms with Crippen molar-refractivity contribution in [3.05, 3.63) is 39.9 Å². The van der Waals surface area contributed by atoms with Crippen LogP contribution in [0.15, 0.2) is 27.9 Å². The van der Waals surface area contributed by atoms with Crippen LogP contribution in [0.4, 0.5) is 0 Å². The first-order valence-electron chi connectivity index (χ1n) is 8.66. The van der Waals surface area contributed by atoms with E-state index in [0.717, 1.165) is 5.70 Å². The molecule has 0 bridgehead atoms. The van der Waals surface area contributed by atoms with Gasteiger partial charge in [0.1, 0.15) is 0 Å². The second-order valence-corrected chi connectivity index (χ2v) is 6.54. The topological polar surface area (TPSA) is 28.1 Å². The Labute approximate surface area is 135 Å². The van der Waals surface area contributed by atoms with Crippen molar-refractivity contribution < 1.29 is 0 Å². The van der Waals surface area contributed by atoms with Crippen LogP contribution in [0.5, 0.6) is 0 Å². The Balaban J connectivity index is 2.07. The van der Waals surface area contributed by atoms with Crippen molar-refractivity contribution in [2.45, 2.75) is 73.1 Å². The summed E-state index contributed by atoms with van der Waals surface area (Å²) in [7, 11) is 0. The van der Waals surface area contributed by atoms with Crippen LogP contribution in [0.3, 0.4) is 0 Å². The minimum Gasteiger partial charge on any atom is -0.359 e. The Morgan fingerprint density at radius 1 is 1.05 bits per heavy atom. The van der Waals surface area contributed by atoms with Gasteiger partial charge in [-0.2, -0.15) is 0 Å². The van der Waals surface area contributed by atoms with E-state index in [4.69, 9.17) is 4.99 Å². The molecule has 1 N–H and O–H groups in total. The van der Waals surface area contributed by atoms with Gasteiger partial charge in [0.25, 0.3) is 0 Å². The number of rotatable bonds is 7. The Morgan fingerprint density at radius 2 is 1.77 bits per heavy atom. The second kappa shape index (κ2) is 7.62. The second-order valence-electron chi connectivity index (χ2n) is 6.54. The zero-order chi connectivity index (χ0) is 16.1. The standard InChI is InChI=1S/C20H30N2/c1-6-7-8-9-10-11-18-16(4)20(22-17(18)5)13-19-14(2)12-15(3)21-19/h12-13,21H,6-11H2,1-5H3/b20-13-. The summed E-state index contributed by atoms with van der Waals surface area (Å²) in [5.74, 6) is 0. The SMILES string of the molecule is CCCCCCCC1=C(C)/C(=C/c2[nH]c(C)cc2C)N=C1C. The van der Waals surface area contributed by atoms with Crippen LogP contribution in [-0.4, -0.2) is 10.7 Å². The van der Waals surface area contributed by atoms with Gasteiger partial charge in [-0.05, 0) is 69.4 Å². The first-order valence-corrected chi connectivity index (χ1v) is 8.66. The van der Waals surface area contributed by atoms with E-state index in [1.807, 2.05) is 0 Å². The molecule has 2 heterocycles. The van der Waals surface area contributed by atoms with Crippen LogP contribution in [0.2, 0.25) is 0 Å². The molecule has 0 radical (unpaired) electrons. The number of nitrogens with zero attached hydrogens (tertiary/aromatic N) is 1. The summed E-state index contributed by atoms with van der Waals surface area (Å²) in [6.45, 7) is 10.9. The van der Waals surface area contributed by atoms with Crippen LogP contribution in [0, 0.1) is 13.8 Å². The molecule has 0 amide bonds. The van der Waals surface area contributed by atoms with Crippen LogP contribution in [0.1, 0.15) is 76.2 Å². The number of hydrogen-bond donors (Lipinski definition) is 1. The molecule has 22 heavy (non-hydrogen) atoms. The van der Waals surface area contributed by atoms with Gasteiger partial charge in [-0.25, -0.2) is 0 Å². The van der Waals surface area contributed by atoms with E-state index in [-0.39, 0.29) is 0 Å². The Bertz CT molecular complexity index is 612. The van der Waals surface area contributed by atoms with Gasteiger partial charge < -0.3 is 4.98 Å². The van der Waals surface area contributed by atoms with Crippen molar-refractivity contribution in [2.75, 3.05) is 0 Å². The lowest BCUT2D eigenvalue weighted by Crippen LogP contribution is -1.95. The van der Waals surface area contributed by atoms with Crippen LogP contribution in [-0.2, 0) is 0 Å². The van der Waals surface area contributed by atoms with Crippen molar-refractivity contribution in [3.63, 3.8) is 0 Å². The van der Waals surface area contributed by atoms with Gasteiger partial charge in [-0.1, -0.05) is 32.6 Å². The number of unbranched alkanes of at least 4 members (excludes halogenated alkanes) is 4. The maximum atomic E-state index is 4.80. The molecule has 120 valence electrons. The van der Waals surface area contributed by atoms with Gasteiger partial charge in [0.15, 0.2) is 0 Å². The van der Waals surface area contributed by atoms with Crippen molar-refractivity contribution in [1.82, 2.24) is 4.98 Å². The lowest BCUT2D eigenvalue weighted by molar-refractivity contribution is 0.634. The minimum absolute atomic E-state index is 1.13. The quantitative estimate of drug-likeness (QED) is 0.587. The number of hydrogen-bond acceptors (Lipinski definition) is 1. The number of H-pyrrole nitrogens is 1. The Kier molecular flexibility index (Phi) is 5.82. The maximum absolute atomic E-state index is 4.80. The molecule has 1 aromatic heterocycles. The first-order chi connectivity index (χ1) is 10.5. The van der Waals surface area contributed by atoms with Gasteiger partial charge in [0.05, 0.1) is 5.70 Å².